The molecule has 0 saturated heterocycles. The van der Waals surface area contributed by atoms with E-state index in [9.17, 15) is 15.0 Å². The summed E-state index contributed by atoms with van der Waals surface area (Å²) in [6, 6.07) is 0. The van der Waals surface area contributed by atoms with Crippen LogP contribution in [0.4, 0.5) is 0 Å². The SMILES string of the molecule is CCCCCC(O)CC=C1CC[C@@H](O)[C@@H]1CCCCCC(C)C(=O)O. The first kappa shape index (κ1) is 22.2. The van der Waals surface area contributed by atoms with Crippen molar-refractivity contribution < 1.29 is 20.1 Å². The summed E-state index contributed by atoms with van der Waals surface area (Å²) in [4.78, 5) is 10.8. The van der Waals surface area contributed by atoms with Gasteiger partial charge in [-0.15, -0.1) is 0 Å². The monoisotopic (exact) mass is 354 g/mol. The fourth-order valence-electron chi connectivity index (χ4n) is 3.73. The van der Waals surface area contributed by atoms with Gasteiger partial charge in [0.25, 0.3) is 0 Å². The Bertz CT molecular complexity index is 405. The first-order valence-corrected chi connectivity index (χ1v) is 10.2. The molecule has 0 amide bonds. The Morgan fingerprint density at radius 2 is 1.92 bits per heavy atom. The summed E-state index contributed by atoms with van der Waals surface area (Å²) in [5, 5.41) is 29.2. The van der Waals surface area contributed by atoms with Crippen LogP contribution >= 0.6 is 0 Å². The van der Waals surface area contributed by atoms with Crippen LogP contribution in [0.25, 0.3) is 0 Å². The van der Waals surface area contributed by atoms with Gasteiger partial charge in [-0.3, -0.25) is 4.79 Å². The fraction of sp³-hybridized carbons (Fsp3) is 0.857. The average molecular weight is 355 g/mol. The van der Waals surface area contributed by atoms with E-state index < -0.39 is 5.97 Å². The van der Waals surface area contributed by atoms with Gasteiger partial charge in [-0.25, -0.2) is 0 Å². The van der Waals surface area contributed by atoms with Crippen LogP contribution in [0.15, 0.2) is 11.6 Å². The molecule has 1 rings (SSSR count). The van der Waals surface area contributed by atoms with Crippen molar-refractivity contribution in [2.45, 2.75) is 103 Å². The molecule has 3 N–H and O–H groups in total. The summed E-state index contributed by atoms with van der Waals surface area (Å²) in [7, 11) is 0. The van der Waals surface area contributed by atoms with Gasteiger partial charge in [-0.05, 0) is 38.5 Å². The zero-order valence-corrected chi connectivity index (χ0v) is 16.1. The van der Waals surface area contributed by atoms with E-state index in [0.29, 0.717) is 6.42 Å². The van der Waals surface area contributed by atoms with Crippen LogP contribution in [0, 0.1) is 11.8 Å². The van der Waals surface area contributed by atoms with E-state index in [1.165, 1.54) is 18.4 Å². The summed E-state index contributed by atoms with van der Waals surface area (Å²) in [6.07, 6.45) is 13.2. The molecule has 1 aliphatic carbocycles. The first-order chi connectivity index (χ1) is 12.0. The lowest BCUT2D eigenvalue weighted by Crippen LogP contribution is -2.15. The van der Waals surface area contributed by atoms with Gasteiger partial charge in [0.05, 0.1) is 18.1 Å². The third-order valence-electron chi connectivity index (χ3n) is 5.54. The van der Waals surface area contributed by atoms with Crippen molar-refractivity contribution in [2.75, 3.05) is 0 Å². The van der Waals surface area contributed by atoms with Crippen molar-refractivity contribution in [1.82, 2.24) is 0 Å². The molecule has 25 heavy (non-hydrogen) atoms. The maximum atomic E-state index is 10.8. The summed E-state index contributed by atoms with van der Waals surface area (Å²) < 4.78 is 0. The van der Waals surface area contributed by atoms with E-state index in [-0.39, 0.29) is 24.0 Å². The quantitative estimate of drug-likeness (QED) is 0.331. The van der Waals surface area contributed by atoms with Crippen molar-refractivity contribution >= 4 is 5.97 Å². The first-order valence-electron chi connectivity index (χ1n) is 10.2. The van der Waals surface area contributed by atoms with Crippen LogP contribution in [-0.2, 0) is 4.79 Å². The van der Waals surface area contributed by atoms with Crippen molar-refractivity contribution in [1.29, 1.82) is 0 Å². The Labute approximate surface area is 153 Å². The molecular formula is C21H38O4. The molecule has 0 radical (unpaired) electrons. The number of hydrogen-bond donors (Lipinski definition) is 3. The van der Waals surface area contributed by atoms with E-state index in [1.807, 2.05) is 0 Å². The molecule has 1 aliphatic rings. The summed E-state index contributed by atoms with van der Waals surface area (Å²) >= 11 is 0. The Kier molecular flexibility index (Phi) is 11.1. The lowest BCUT2D eigenvalue weighted by Gasteiger charge is -2.17. The summed E-state index contributed by atoms with van der Waals surface area (Å²) in [5.74, 6) is -0.740. The lowest BCUT2D eigenvalue weighted by atomic mass is 9.92. The normalized spacial score (nSPS) is 24.6. The zero-order valence-electron chi connectivity index (χ0n) is 16.1. The maximum Gasteiger partial charge on any atom is 0.306 e. The highest BCUT2D eigenvalue weighted by molar-refractivity contribution is 5.69. The van der Waals surface area contributed by atoms with Crippen LogP contribution in [0.2, 0.25) is 0 Å². The second-order valence-corrected chi connectivity index (χ2v) is 7.75. The van der Waals surface area contributed by atoms with Crippen LogP contribution in [0.5, 0.6) is 0 Å². The lowest BCUT2D eigenvalue weighted by molar-refractivity contribution is -0.141. The minimum absolute atomic E-state index is 0.236. The molecule has 0 heterocycles. The third-order valence-corrected chi connectivity index (χ3v) is 5.54. The Hall–Kier alpha value is -0.870. The van der Waals surface area contributed by atoms with Gasteiger partial charge >= 0.3 is 5.97 Å². The number of carbonyl (C=O) groups is 1. The minimum atomic E-state index is -0.714. The molecule has 4 atom stereocenters. The summed E-state index contributed by atoms with van der Waals surface area (Å²) in [6.45, 7) is 3.93. The molecule has 0 aromatic carbocycles. The third kappa shape index (κ3) is 8.87. The molecule has 0 spiro atoms. The number of aliphatic carboxylic acids is 1. The van der Waals surface area contributed by atoms with Crippen molar-refractivity contribution in [3.05, 3.63) is 11.6 Å². The fourth-order valence-corrected chi connectivity index (χ4v) is 3.73. The van der Waals surface area contributed by atoms with Crippen molar-refractivity contribution in [3.8, 4) is 0 Å². The van der Waals surface area contributed by atoms with Crippen molar-refractivity contribution in [3.63, 3.8) is 0 Å². The Balaban J connectivity index is 2.30. The van der Waals surface area contributed by atoms with Crippen LogP contribution in [-0.4, -0.2) is 33.5 Å². The van der Waals surface area contributed by atoms with E-state index in [1.54, 1.807) is 6.92 Å². The number of aliphatic hydroxyl groups is 2. The minimum Gasteiger partial charge on any atom is -0.481 e. The highest BCUT2D eigenvalue weighted by Crippen LogP contribution is 2.35. The highest BCUT2D eigenvalue weighted by atomic mass is 16.4. The standard InChI is InChI=1S/C21H38O4/c1-3-4-6-10-18(22)14-12-17-13-15-20(23)19(17)11-8-5-7-9-16(2)21(24)25/h12,16,18-20,22-23H,3-11,13-15H2,1-2H3,(H,24,25)/t16?,18?,19-,20-/m1/s1. The molecule has 1 fully saturated rings. The van der Waals surface area contributed by atoms with Crippen molar-refractivity contribution in [2.24, 2.45) is 11.8 Å². The largest absolute Gasteiger partial charge is 0.481 e. The van der Waals surface area contributed by atoms with Gasteiger partial charge < -0.3 is 15.3 Å². The molecule has 4 nitrogen and oxygen atoms in total. The molecule has 0 aromatic heterocycles. The molecule has 2 unspecified atom stereocenters. The van der Waals surface area contributed by atoms with Gasteiger partial charge in [0, 0.05) is 5.92 Å². The predicted octanol–water partition coefficient (Wildman–Crippen LogP) is 4.69. The molecule has 0 aliphatic heterocycles. The molecule has 4 heteroatoms. The second kappa shape index (κ2) is 12.5. The van der Waals surface area contributed by atoms with Crippen LogP contribution in [0.1, 0.15) is 90.9 Å². The Morgan fingerprint density at radius 3 is 2.60 bits per heavy atom. The number of unbranched alkanes of at least 4 members (excludes halogenated alkanes) is 4. The van der Waals surface area contributed by atoms with Gasteiger partial charge in [0.2, 0.25) is 0 Å². The number of hydrogen-bond acceptors (Lipinski definition) is 3. The van der Waals surface area contributed by atoms with E-state index in [2.05, 4.69) is 13.0 Å². The molecule has 0 aromatic rings. The molecular weight excluding hydrogens is 316 g/mol. The molecule has 0 bridgehead atoms. The smallest absolute Gasteiger partial charge is 0.306 e. The molecule has 146 valence electrons. The van der Waals surface area contributed by atoms with Gasteiger partial charge in [-0.1, -0.05) is 64.0 Å². The number of aliphatic hydroxyl groups excluding tert-OH is 2. The number of carboxylic acids is 1. The predicted molar refractivity (Wildman–Crippen MR) is 101 cm³/mol. The highest BCUT2D eigenvalue weighted by Gasteiger charge is 2.29. The number of rotatable bonds is 13. The van der Waals surface area contributed by atoms with E-state index in [4.69, 9.17) is 5.11 Å². The topological polar surface area (TPSA) is 77.8 Å². The number of carboxylic acid groups (broad SMARTS) is 1. The maximum absolute atomic E-state index is 10.8. The molecule has 1 saturated carbocycles. The van der Waals surface area contributed by atoms with E-state index >= 15 is 0 Å². The van der Waals surface area contributed by atoms with Gasteiger partial charge in [0.15, 0.2) is 0 Å². The second-order valence-electron chi connectivity index (χ2n) is 7.75. The van der Waals surface area contributed by atoms with Crippen LogP contribution < -0.4 is 0 Å². The van der Waals surface area contributed by atoms with Gasteiger partial charge in [0.1, 0.15) is 0 Å². The van der Waals surface area contributed by atoms with Crippen LogP contribution in [0.3, 0.4) is 0 Å². The van der Waals surface area contributed by atoms with E-state index in [0.717, 1.165) is 57.8 Å². The summed E-state index contributed by atoms with van der Waals surface area (Å²) in [5.41, 5.74) is 1.32. The zero-order chi connectivity index (χ0) is 18.7. The Morgan fingerprint density at radius 1 is 1.20 bits per heavy atom. The van der Waals surface area contributed by atoms with Gasteiger partial charge in [-0.2, -0.15) is 0 Å². The average Bonchev–Trinajstić information content (AvgIpc) is 2.92.